The maximum Gasteiger partial charge on any atom is 0.330 e. The van der Waals surface area contributed by atoms with E-state index in [0.717, 1.165) is 21.6 Å². The number of benzene rings is 2. The zero-order valence-corrected chi connectivity index (χ0v) is 13.5. The Morgan fingerprint density at radius 2 is 1.71 bits per heavy atom. The van der Waals surface area contributed by atoms with Crippen LogP contribution in [0.15, 0.2) is 60.6 Å². The first kappa shape index (κ1) is 16.2. The van der Waals surface area contributed by atoms with Gasteiger partial charge in [-0.3, -0.25) is 0 Å². The van der Waals surface area contributed by atoms with Gasteiger partial charge in [-0.1, -0.05) is 36.4 Å². The van der Waals surface area contributed by atoms with Crippen LogP contribution in [-0.4, -0.2) is 18.6 Å². The van der Waals surface area contributed by atoms with E-state index in [1.54, 1.807) is 12.1 Å². The van der Waals surface area contributed by atoms with Crippen molar-refractivity contribution in [1.29, 1.82) is 0 Å². The summed E-state index contributed by atoms with van der Waals surface area (Å²) >= 11 is 0. The second-order valence-corrected chi connectivity index (χ2v) is 6.88. The van der Waals surface area contributed by atoms with Gasteiger partial charge >= 0.3 is 10.2 Å². The van der Waals surface area contributed by atoms with Crippen LogP contribution in [0, 0.1) is 0 Å². The molecule has 126 valence electrons. The van der Waals surface area contributed by atoms with Gasteiger partial charge in [0.05, 0.1) is 6.20 Å². The minimum absolute atomic E-state index is 0.0746. The first-order chi connectivity index (χ1) is 11.5. The lowest BCUT2D eigenvalue weighted by Crippen LogP contribution is -2.29. The van der Waals surface area contributed by atoms with Gasteiger partial charge in [-0.2, -0.15) is 8.42 Å². The quantitative estimate of drug-likeness (QED) is 0.659. The molecule has 0 unspecified atom stereocenters. The number of aliphatic hydroxyl groups excluding tert-OH is 1. The van der Waals surface area contributed by atoms with Gasteiger partial charge in [-0.05, 0) is 23.3 Å². The lowest BCUT2D eigenvalue weighted by atomic mass is 10.1. The van der Waals surface area contributed by atoms with Gasteiger partial charge in [-0.15, -0.1) is 0 Å². The molecule has 4 N–H and O–H groups in total. The predicted octanol–water partition coefficient (Wildman–Crippen LogP) is 1.69. The molecule has 1 aliphatic heterocycles. The number of aliphatic hydroxyl groups is 1. The fourth-order valence-electron chi connectivity index (χ4n) is 2.39. The lowest BCUT2D eigenvalue weighted by Gasteiger charge is -2.16. The molecule has 0 amide bonds. The van der Waals surface area contributed by atoms with Crippen molar-refractivity contribution in [3.05, 3.63) is 71.7 Å². The molecule has 8 heteroatoms. The number of rotatable bonds is 5. The Bertz CT molecular complexity index is 866. The Morgan fingerprint density at radius 1 is 1.00 bits per heavy atom. The maximum atomic E-state index is 11.9. The van der Waals surface area contributed by atoms with E-state index in [4.69, 9.17) is 0 Å². The van der Waals surface area contributed by atoms with Crippen molar-refractivity contribution in [2.24, 2.45) is 0 Å². The summed E-state index contributed by atoms with van der Waals surface area (Å²) in [5.74, 6) is -0.694. The third-order valence-electron chi connectivity index (χ3n) is 3.51. The number of hydrogen-bond donors (Lipinski definition) is 4. The SMILES string of the molecule is O=S1(=O)NC(O)=CN1c1cc(CNCc2ccccc2)ccc1O. The lowest BCUT2D eigenvalue weighted by molar-refractivity contribution is 0.392. The van der Waals surface area contributed by atoms with Crippen molar-refractivity contribution >= 4 is 15.9 Å². The zero-order valence-electron chi connectivity index (χ0n) is 12.7. The van der Waals surface area contributed by atoms with Crippen LogP contribution in [0.2, 0.25) is 0 Å². The molecule has 7 nitrogen and oxygen atoms in total. The van der Waals surface area contributed by atoms with Crippen LogP contribution in [-0.2, 0) is 23.3 Å². The molecule has 0 aromatic heterocycles. The average Bonchev–Trinajstić information content (AvgIpc) is 2.82. The third-order valence-corrected chi connectivity index (χ3v) is 4.80. The van der Waals surface area contributed by atoms with E-state index in [0.29, 0.717) is 13.1 Å². The van der Waals surface area contributed by atoms with Crippen molar-refractivity contribution < 1.29 is 18.6 Å². The van der Waals surface area contributed by atoms with Crippen LogP contribution in [0.5, 0.6) is 5.75 Å². The number of phenolic OH excluding ortho intramolecular Hbond substituents is 1. The van der Waals surface area contributed by atoms with Crippen LogP contribution in [0.25, 0.3) is 0 Å². The van der Waals surface area contributed by atoms with Crippen molar-refractivity contribution in [3.63, 3.8) is 0 Å². The summed E-state index contributed by atoms with van der Waals surface area (Å²) < 4.78 is 26.6. The second kappa shape index (κ2) is 6.42. The Hall–Kier alpha value is -2.71. The second-order valence-electron chi connectivity index (χ2n) is 5.33. The van der Waals surface area contributed by atoms with E-state index in [2.05, 4.69) is 5.32 Å². The summed E-state index contributed by atoms with van der Waals surface area (Å²) in [7, 11) is -3.93. The van der Waals surface area contributed by atoms with Crippen LogP contribution < -0.4 is 14.3 Å². The standard InChI is InChI=1S/C16H17N3O4S/c20-15-7-6-13(10-17-9-12-4-2-1-3-5-12)8-14(15)19-11-16(21)18-24(19,22)23/h1-8,11,17-18,20-21H,9-10H2. The predicted molar refractivity (Wildman–Crippen MR) is 90.3 cm³/mol. The van der Waals surface area contributed by atoms with Crippen LogP contribution in [0.3, 0.4) is 0 Å². The molecule has 3 rings (SSSR count). The number of nitrogens with zero attached hydrogens (tertiary/aromatic N) is 1. The summed E-state index contributed by atoms with van der Waals surface area (Å²) in [6.45, 7) is 1.17. The molecule has 24 heavy (non-hydrogen) atoms. The van der Waals surface area contributed by atoms with Gasteiger partial charge in [0.2, 0.25) is 5.88 Å². The van der Waals surface area contributed by atoms with Gasteiger partial charge in [0.25, 0.3) is 0 Å². The van der Waals surface area contributed by atoms with E-state index >= 15 is 0 Å². The van der Waals surface area contributed by atoms with Gasteiger partial charge in [-0.25, -0.2) is 9.03 Å². The van der Waals surface area contributed by atoms with Crippen molar-refractivity contribution in [1.82, 2.24) is 10.0 Å². The molecule has 2 aromatic carbocycles. The van der Waals surface area contributed by atoms with Crippen molar-refractivity contribution in [3.8, 4) is 5.75 Å². The van der Waals surface area contributed by atoms with Crippen LogP contribution >= 0.6 is 0 Å². The fraction of sp³-hybridized carbons (Fsp3) is 0.125. The minimum atomic E-state index is -3.93. The molecular formula is C16H17N3O4S. The van der Waals surface area contributed by atoms with Gasteiger partial charge in [0.1, 0.15) is 11.4 Å². The van der Waals surface area contributed by atoms with E-state index in [-0.39, 0.29) is 11.4 Å². The summed E-state index contributed by atoms with van der Waals surface area (Å²) in [6.07, 6.45) is 1.01. The smallest absolute Gasteiger partial charge is 0.330 e. The fourth-order valence-corrected chi connectivity index (χ4v) is 3.45. The molecule has 0 saturated carbocycles. The first-order valence-electron chi connectivity index (χ1n) is 7.25. The molecule has 0 radical (unpaired) electrons. The molecule has 0 bridgehead atoms. The Balaban J connectivity index is 1.75. The number of hydrogen-bond acceptors (Lipinski definition) is 5. The molecule has 0 aliphatic carbocycles. The van der Waals surface area contributed by atoms with E-state index < -0.39 is 16.1 Å². The summed E-state index contributed by atoms with van der Waals surface area (Å²) in [4.78, 5) is 0. The molecule has 0 fully saturated rings. The summed E-state index contributed by atoms with van der Waals surface area (Å²) in [5.41, 5.74) is 2.01. The van der Waals surface area contributed by atoms with Gasteiger partial charge in [0.15, 0.2) is 0 Å². The highest BCUT2D eigenvalue weighted by atomic mass is 32.2. The Kier molecular flexibility index (Phi) is 4.32. The molecular weight excluding hydrogens is 330 g/mol. The normalized spacial score (nSPS) is 15.8. The average molecular weight is 347 g/mol. The number of nitrogens with one attached hydrogen (secondary N) is 2. The van der Waals surface area contributed by atoms with E-state index in [1.807, 2.05) is 35.1 Å². The number of anilines is 1. The van der Waals surface area contributed by atoms with Crippen molar-refractivity contribution in [2.45, 2.75) is 13.1 Å². The van der Waals surface area contributed by atoms with Gasteiger partial charge in [0, 0.05) is 13.1 Å². The molecule has 2 aromatic rings. The highest BCUT2D eigenvalue weighted by Gasteiger charge is 2.30. The topological polar surface area (TPSA) is 102 Å². The largest absolute Gasteiger partial charge is 0.506 e. The molecule has 1 heterocycles. The highest BCUT2D eigenvalue weighted by molar-refractivity contribution is 7.91. The monoisotopic (exact) mass is 347 g/mol. The first-order valence-corrected chi connectivity index (χ1v) is 8.69. The minimum Gasteiger partial charge on any atom is -0.506 e. The molecule has 1 aliphatic rings. The van der Waals surface area contributed by atoms with Crippen molar-refractivity contribution in [2.75, 3.05) is 4.31 Å². The number of phenols is 1. The zero-order chi connectivity index (χ0) is 17.2. The van der Waals surface area contributed by atoms with Crippen LogP contribution in [0.4, 0.5) is 5.69 Å². The van der Waals surface area contributed by atoms with Crippen LogP contribution in [0.1, 0.15) is 11.1 Å². The summed E-state index contributed by atoms with van der Waals surface area (Å²) in [6, 6.07) is 14.6. The van der Waals surface area contributed by atoms with E-state index in [1.165, 1.54) is 6.07 Å². The number of aromatic hydroxyl groups is 1. The maximum absolute atomic E-state index is 11.9. The molecule has 0 atom stereocenters. The van der Waals surface area contributed by atoms with E-state index in [9.17, 15) is 18.6 Å². The third kappa shape index (κ3) is 3.44. The molecule has 0 saturated heterocycles. The summed E-state index contributed by atoms with van der Waals surface area (Å²) in [5, 5.41) is 22.6. The highest BCUT2D eigenvalue weighted by Crippen LogP contribution is 2.32. The Morgan fingerprint density at radius 3 is 2.38 bits per heavy atom. The molecule has 0 spiro atoms. The van der Waals surface area contributed by atoms with Gasteiger partial charge < -0.3 is 15.5 Å². The Labute approximate surface area is 140 Å².